The second kappa shape index (κ2) is 9.50. The van der Waals surface area contributed by atoms with Gasteiger partial charge < -0.3 is 10.2 Å². The Kier molecular flexibility index (Phi) is 7.33. The standard InChI is InChI=1S/C18H31N5/c1-4-6-12-23(13-7-5-2)14-8-11-19-16-9-10-18-17(15-16)20-21-22(18)3/h9-10,15,19H,4-8,11-14H2,1-3H3. The molecule has 0 unspecified atom stereocenters. The molecular formula is C18H31N5. The Morgan fingerprint density at radius 2 is 1.74 bits per heavy atom. The molecule has 0 amide bonds. The molecule has 1 N–H and O–H groups in total. The smallest absolute Gasteiger partial charge is 0.115 e. The lowest BCUT2D eigenvalue weighted by atomic mass is 10.2. The molecule has 0 spiro atoms. The Morgan fingerprint density at radius 1 is 1.04 bits per heavy atom. The molecule has 1 heterocycles. The van der Waals surface area contributed by atoms with Gasteiger partial charge in [-0.05, 0) is 57.1 Å². The Balaban J connectivity index is 1.75. The molecule has 0 aliphatic rings. The maximum absolute atomic E-state index is 4.17. The fourth-order valence-corrected chi connectivity index (χ4v) is 2.78. The number of fused-ring (bicyclic) bond motifs is 1. The average molecular weight is 317 g/mol. The Morgan fingerprint density at radius 3 is 2.43 bits per heavy atom. The average Bonchev–Trinajstić information content (AvgIpc) is 2.94. The number of rotatable bonds is 11. The minimum atomic E-state index is 0.949. The van der Waals surface area contributed by atoms with Gasteiger partial charge in [0, 0.05) is 19.3 Å². The van der Waals surface area contributed by atoms with Crippen molar-refractivity contribution in [2.75, 3.05) is 31.5 Å². The summed E-state index contributed by atoms with van der Waals surface area (Å²) in [6, 6.07) is 6.26. The van der Waals surface area contributed by atoms with Crippen LogP contribution in [0, 0.1) is 0 Å². The van der Waals surface area contributed by atoms with Crippen LogP contribution in [0.4, 0.5) is 5.69 Å². The van der Waals surface area contributed by atoms with E-state index >= 15 is 0 Å². The maximum atomic E-state index is 4.17. The summed E-state index contributed by atoms with van der Waals surface area (Å²) in [6.45, 7) is 9.19. The highest BCUT2D eigenvalue weighted by atomic mass is 15.4. The van der Waals surface area contributed by atoms with Gasteiger partial charge in [0.25, 0.3) is 0 Å². The van der Waals surface area contributed by atoms with Crippen molar-refractivity contribution in [1.82, 2.24) is 19.9 Å². The molecule has 0 aliphatic carbocycles. The first kappa shape index (κ1) is 17.7. The van der Waals surface area contributed by atoms with E-state index in [-0.39, 0.29) is 0 Å². The summed E-state index contributed by atoms with van der Waals surface area (Å²) in [4.78, 5) is 2.61. The van der Waals surface area contributed by atoms with Crippen LogP contribution in [0.25, 0.3) is 11.0 Å². The van der Waals surface area contributed by atoms with Crippen LogP contribution < -0.4 is 5.32 Å². The van der Waals surface area contributed by atoms with Gasteiger partial charge in [-0.3, -0.25) is 0 Å². The van der Waals surface area contributed by atoms with Crippen LogP contribution in [0.3, 0.4) is 0 Å². The number of hydrogen-bond donors (Lipinski definition) is 1. The second-order valence-electron chi connectivity index (χ2n) is 6.25. The first-order chi connectivity index (χ1) is 11.2. The van der Waals surface area contributed by atoms with Crippen LogP contribution in [0.2, 0.25) is 0 Å². The summed E-state index contributed by atoms with van der Waals surface area (Å²) in [5.74, 6) is 0. The normalized spacial score (nSPS) is 11.5. The van der Waals surface area contributed by atoms with Crippen LogP contribution in [0.15, 0.2) is 18.2 Å². The molecule has 128 valence electrons. The molecule has 0 saturated carbocycles. The maximum Gasteiger partial charge on any atom is 0.115 e. The van der Waals surface area contributed by atoms with Crippen molar-refractivity contribution >= 4 is 16.7 Å². The molecule has 1 aromatic heterocycles. The summed E-state index contributed by atoms with van der Waals surface area (Å²) in [6.07, 6.45) is 6.34. The third-order valence-electron chi connectivity index (χ3n) is 4.25. The second-order valence-corrected chi connectivity index (χ2v) is 6.25. The summed E-state index contributed by atoms with van der Waals surface area (Å²) in [7, 11) is 1.92. The minimum Gasteiger partial charge on any atom is -0.385 e. The van der Waals surface area contributed by atoms with E-state index < -0.39 is 0 Å². The fraction of sp³-hybridized carbons (Fsp3) is 0.667. The molecule has 0 fully saturated rings. The topological polar surface area (TPSA) is 46.0 Å². The van der Waals surface area contributed by atoms with Gasteiger partial charge in [-0.15, -0.1) is 5.10 Å². The SMILES string of the molecule is CCCCN(CCCC)CCCNc1ccc2c(c1)nnn2C. The van der Waals surface area contributed by atoms with E-state index in [0.717, 1.165) is 23.3 Å². The molecule has 0 saturated heterocycles. The van der Waals surface area contributed by atoms with Gasteiger partial charge in [0.15, 0.2) is 0 Å². The number of aromatic nitrogens is 3. The Labute approximate surface area is 140 Å². The fourth-order valence-electron chi connectivity index (χ4n) is 2.78. The summed E-state index contributed by atoms with van der Waals surface area (Å²) < 4.78 is 1.80. The highest BCUT2D eigenvalue weighted by molar-refractivity contribution is 5.78. The van der Waals surface area contributed by atoms with Crippen LogP contribution in [-0.2, 0) is 7.05 Å². The number of hydrogen-bond acceptors (Lipinski definition) is 4. The molecule has 2 aromatic rings. The third-order valence-corrected chi connectivity index (χ3v) is 4.25. The number of nitrogens with zero attached hydrogens (tertiary/aromatic N) is 4. The van der Waals surface area contributed by atoms with Crippen molar-refractivity contribution in [3.8, 4) is 0 Å². The van der Waals surface area contributed by atoms with E-state index in [4.69, 9.17) is 0 Å². The molecule has 0 aliphatic heterocycles. The summed E-state index contributed by atoms with van der Waals surface area (Å²) >= 11 is 0. The molecule has 2 rings (SSSR count). The molecule has 23 heavy (non-hydrogen) atoms. The van der Waals surface area contributed by atoms with Crippen LogP contribution in [0.1, 0.15) is 46.0 Å². The molecule has 5 heteroatoms. The van der Waals surface area contributed by atoms with Crippen molar-refractivity contribution < 1.29 is 0 Å². The lowest BCUT2D eigenvalue weighted by Crippen LogP contribution is -2.28. The first-order valence-electron chi connectivity index (χ1n) is 9.00. The highest BCUT2D eigenvalue weighted by Crippen LogP contribution is 2.16. The van der Waals surface area contributed by atoms with Gasteiger partial charge in [0.2, 0.25) is 0 Å². The zero-order valence-corrected chi connectivity index (χ0v) is 14.9. The van der Waals surface area contributed by atoms with Gasteiger partial charge in [-0.2, -0.15) is 0 Å². The van der Waals surface area contributed by atoms with E-state index in [1.54, 1.807) is 4.68 Å². The Hall–Kier alpha value is -1.62. The monoisotopic (exact) mass is 317 g/mol. The highest BCUT2D eigenvalue weighted by Gasteiger charge is 2.04. The van der Waals surface area contributed by atoms with Gasteiger partial charge in [0.1, 0.15) is 5.52 Å². The zero-order chi connectivity index (χ0) is 16.5. The van der Waals surface area contributed by atoms with E-state index in [9.17, 15) is 0 Å². The quantitative estimate of drug-likeness (QED) is 0.642. The van der Waals surface area contributed by atoms with Gasteiger partial charge in [-0.1, -0.05) is 31.9 Å². The van der Waals surface area contributed by atoms with Crippen molar-refractivity contribution in [3.63, 3.8) is 0 Å². The van der Waals surface area contributed by atoms with Gasteiger partial charge in [0.05, 0.1) is 5.52 Å². The predicted molar refractivity (Wildman–Crippen MR) is 97.9 cm³/mol. The Bertz CT molecular complexity index is 570. The largest absolute Gasteiger partial charge is 0.385 e. The molecule has 0 radical (unpaired) electrons. The van der Waals surface area contributed by atoms with Gasteiger partial charge in [-0.25, -0.2) is 4.68 Å². The molecule has 0 atom stereocenters. The molecule has 5 nitrogen and oxygen atoms in total. The lowest BCUT2D eigenvalue weighted by Gasteiger charge is -2.22. The van der Waals surface area contributed by atoms with Crippen molar-refractivity contribution in [3.05, 3.63) is 18.2 Å². The van der Waals surface area contributed by atoms with Gasteiger partial charge >= 0.3 is 0 Å². The van der Waals surface area contributed by atoms with Crippen LogP contribution in [0.5, 0.6) is 0 Å². The van der Waals surface area contributed by atoms with E-state index in [1.807, 2.05) is 7.05 Å². The van der Waals surface area contributed by atoms with E-state index in [0.29, 0.717) is 0 Å². The number of nitrogens with one attached hydrogen (secondary N) is 1. The molecule has 1 aromatic carbocycles. The van der Waals surface area contributed by atoms with E-state index in [1.165, 1.54) is 51.7 Å². The molecular weight excluding hydrogens is 286 g/mol. The third kappa shape index (κ3) is 5.50. The lowest BCUT2D eigenvalue weighted by molar-refractivity contribution is 0.264. The minimum absolute atomic E-state index is 0.949. The number of unbranched alkanes of at least 4 members (excludes halogenated alkanes) is 2. The van der Waals surface area contributed by atoms with Crippen molar-refractivity contribution in [2.45, 2.75) is 46.0 Å². The van der Waals surface area contributed by atoms with Crippen molar-refractivity contribution in [2.24, 2.45) is 7.05 Å². The summed E-state index contributed by atoms with van der Waals surface area (Å²) in [5.41, 5.74) is 3.15. The van der Waals surface area contributed by atoms with Crippen LogP contribution in [-0.4, -0.2) is 46.1 Å². The predicted octanol–water partition coefficient (Wildman–Crippen LogP) is 3.67. The first-order valence-corrected chi connectivity index (χ1v) is 9.00. The van der Waals surface area contributed by atoms with Crippen molar-refractivity contribution in [1.29, 1.82) is 0 Å². The number of aryl methyl sites for hydroxylation is 1. The molecule has 0 bridgehead atoms. The summed E-state index contributed by atoms with van der Waals surface area (Å²) in [5, 5.41) is 11.7. The van der Waals surface area contributed by atoms with Crippen LogP contribution >= 0.6 is 0 Å². The zero-order valence-electron chi connectivity index (χ0n) is 14.9. The number of anilines is 1. The van der Waals surface area contributed by atoms with E-state index in [2.05, 4.69) is 52.6 Å². The number of benzene rings is 1.